The molecule has 5 nitrogen and oxygen atoms in total. The number of aryl methyl sites for hydroxylation is 1. The molecule has 206 valence electrons. The fraction of sp³-hybridized carbons (Fsp3) is 0.382. The third-order valence-corrected chi connectivity index (χ3v) is 9.72. The van der Waals surface area contributed by atoms with Gasteiger partial charge in [0.2, 0.25) is 0 Å². The van der Waals surface area contributed by atoms with Crippen molar-refractivity contribution in [2.24, 2.45) is 11.3 Å². The van der Waals surface area contributed by atoms with Crippen molar-refractivity contribution in [2.45, 2.75) is 44.9 Å². The second-order valence-electron chi connectivity index (χ2n) is 11.7. The second kappa shape index (κ2) is 11.6. The maximum atomic E-state index is 13.5. The summed E-state index contributed by atoms with van der Waals surface area (Å²) < 4.78 is 0. The largest absolute Gasteiger partial charge is 0.371 e. The molecule has 0 saturated carbocycles. The summed E-state index contributed by atoms with van der Waals surface area (Å²) in [4.78, 5) is 35.2. The van der Waals surface area contributed by atoms with Gasteiger partial charge in [0.1, 0.15) is 0 Å². The van der Waals surface area contributed by atoms with Crippen LogP contribution in [0, 0.1) is 11.3 Å². The van der Waals surface area contributed by atoms with Crippen LogP contribution in [0.3, 0.4) is 0 Å². The molecule has 3 aromatic rings. The highest BCUT2D eigenvalue weighted by atomic mass is 35.5. The lowest BCUT2D eigenvalue weighted by atomic mass is 9.71. The molecule has 1 aliphatic carbocycles. The summed E-state index contributed by atoms with van der Waals surface area (Å²) in [6.07, 6.45) is 14.1. The molecule has 0 bridgehead atoms. The molecule has 2 aromatic carbocycles. The smallest absolute Gasteiger partial charge is 0.253 e. The van der Waals surface area contributed by atoms with Gasteiger partial charge in [-0.25, -0.2) is 0 Å². The molecule has 2 saturated heterocycles. The van der Waals surface area contributed by atoms with Gasteiger partial charge in [0.05, 0.1) is 0 Å². The number of carbonyl (C=O) groups is 2. The highest BCUT2D eigenvalue weighted by molar-refractivity contribution is 6.32. The van der Waals surface area contributed by atoms with Crippen molar-refractivity contribution in [3.8, 4) is 0 Å². The quantitative estimate of drug-likeness (QED) is 0.332. The number of pyridine rings is 1. The van der Waals surface area contributed by atoms with Gasteiger partial charge in [0.25, 0.3) is 5.91 Å². The Hall–Kier alpha value is -3.44. The first-order chi connectivity index (χ1) is 19.5. The maximum Gasteiger partial charge on any atom is 0.253 e. The monoisotopic (exact) mass is 553 g/mol. The molecule has 0 N–H and O–H groups in total. The molecule has 2 fully saturated rings. The van der Waals surface area contributed by atoms with Crippen LogP contribution in [0.1, 0.15) is 59.2 Å². The zero-order chi connectivity index (χ0) is 27.5. The Morgan fingerprint density at radius 2 is 1.62 bits per heavy atom. The number of ketones is 1. The first-order valence-corrected chi connectivity index (χ1v) is 14.9. The number of aromatic nitrogens is 1. The lowest BCUT2D eigenvalue weighted by molar-refractivity contribution is -0.118. The standard InChI is InChI=1S/C34H36ClN3O2/c35-31-4-2-1-3-26(31)9-10-32(39)27-7-5-25-6-8-28(24-29(25)23-27)33(40)38-21-15-34(16-22-38)13-19-37(20-14-34)30-11-17-36-18-12-30/h1-4,6,8-12,17-18,24,27H,5,7,13-16,19-23H2/b10-9-. The van der Waals surface area contributed by atoms with Crippen molar-refractivity contribution < 1.29 is 9.59 Å². The van der Waals surface area contributed by atoms with Crippen molar-refractivity contribution in [3.05, 3.63) is 100 Å². The van der Waals surface area contributed by atoms with Gasteiger partial charge in [-0.3, -0.25) is 14.6 Å². The van der Waals surface area contributed by atoms with E-state index in [0.717, 1.165) is 68.6 Å². The minimum Gasteiger partial charge on any atom is -0.371 e. The van der Waals surface area contributed by atoms with Gasteiger partial charge in [-0.05, 0) is 110 Å². The normalized spacial score (nSPS) is 20.5. The predicted molar refractivity (Wildman–Crippen MR) is 161 cm³/mol. The Kier molecular flexibility index (Phi) is 7.75. The van der Waals surface area contributed by atoms with Gasteiger partial charge in [0, 0.05) is 60.8 Å². The molecule has 0 radical (unpaired) electrons. The third-order valence-electron chi connectivity index (χ3n) is 9.38. The lowest BCUT2D eigenvalue weighted by Gasteiger charge is -2.47. The molecule has 1 atom stereocenters. The highest BCUT2D eigenvalue weighted by Crippen LogP contribution is 2.42. The van der Waals surface area contributed by atoms with Gasteiger partial charge >= 0.3 is 0 Å². The summed E-state index contributed by atoms with van der Waals surface area (Å²) >= 11 is 6.24. The predicted octanol–water partition coefficient (Wildman–Crippen LogP) is 6.65. The molecular weight excluding hydrogens is 518 g/mol. The van der Waals surface area contributed by atoms with Crippen LogP contribution in [-0.4, -0.2) is 47.8 Å². The Bertz CT molecular complexity index is 1400. The van der Waals surface area contributed by atoms with Crippen molar-refractivity contribution in [1.29, 1.82) is 0 Å². The average molecular weight is 554 g/mol. The van der Waals surface area contributed by atoms with Crippen LogP contribution in [0.15, 0.2) is 73.1 Å². The minimum atomic E-state index is -0.0653. The number of allylic oxidation sites excluding steroid dienone is 1. The molecule has 1 spiro atoms. The first kappa shape index (κ1) is 26.8. The summed E-state index contributed by atoms with van der Waals surface area (Å²) in [5.74, 6) is 0.182. The van der Waals surface area contributed by atoms with E-state index in [0.29, 0.717) is 16.9 Å². The van der Waals surface area contributed by atoms with Crippen molar-refractivity contribution in [2.75, 3.05) is 31.1 Å². The summed E-state index contributed by atoms with van der Waals surface area (Å²) in [7, 11) is 0. The van der Waals surface area contributed by atoms with E-state index in [-0.39, 0.29) is 17.6 Å². The van der Waals surface area contributed by atoms with Crippen LogP contribution in [0.5, 0.6) is 0 Å². The molecule has 3 heterocycles. The molecule has 6 heteroatoms. The van der Waals surface area contributed by atoms with E-state index >= 15 is 0 Å². The van der Waals surface area contributed by atoms with E-state index in [1.807, 2.05) is 59.8 Å². The van der Waals surface area contributed by atoms with E-state index in [1.165, 1.54) is 24.1 Å². The molecule has 1 amide bonds. The molecule has 2 aliphatic heterocycles. The first-order valence-electron chi connectivity index (χ1n) is 14.5. The SMILES string of the molecule is O=C(/C=C\c1ccccc1Cl)C1CCc2ccc(C(=O)N3CCC4(CC3)CCN(c3ccncc3)CC4)cc2C1. The van der Waals surface area contributed by atoms with Crippen LogP contribution in [0.2, 0.25) is 5.02 Å². The van der Waals surface area contributed by atoms with Gasteiger partial charge in [0.15, 0.2) is 5.78 Å². The number of piperidine rings is 2. The summed E-state index contributed by atoms with van der Waals surface area (Å²) in [6, 6.07) is 17.9. The van der Waals surface area contributed by atoms with Crippen LogP contribution < -0.4 is 4.90 Å². The topological polar surface area (TPSA) is 53.5 Å². The van der Waals surface area contributed by atoms with E-state index < -0.39 is 0 Å². The number of likely N-dealkylation sites (tertiary alicyclic amines) is 1. The van der Waals surface area contributed by atoms with Crippen LogP contribution >= 0.6 is 11.6 Å². The Balaban J connectivity index is 1.05. The summed E-state index contributed by atoms with van der Waals surface area (Å²) in [5, 5.41) is 0.641. The van der Waals surface area contributed by atoms with E-state index in [4.69, 9.17) is 11.6 Å². The van der Waals surface area contributed by atoms with E-state index in [9.17, 15) is 9.59 Å². The van der Waals surface area contributed by atoms with Crippen molar-refractivity contribution in [3.63, 3.8) is 0 Å². The molecule has 3 aliphatic rings. The zero-order valence-corrected chi connectivity index (χ0v) is 23.7. The Morgan fingerprint density at radius 1 is 0.900 bits per heavy atom. The van der Waals surface area contributed by atoms with Crippen molar-refractivity contribution in [1.82, 2.24) is 9.88 Å². The lowest BCUT2D eigenvalue weighted by Crippen LogP contribution is -2.48. The molecule has 1 aromatic heterocycles. The fourth-order valence-electron chi connectivity index (χ4n) is 6.71. The number of halogens is 1. The fourth-order valence-corrected chi connectivity index (χ4v) is 6.91. The molecule has 6 rings (SSSR count). The summed E-state index contributed by atoms with van der Waals surface area (Å²) in [5.41, 5.74) is 5.60. The maximum absolute atomic E-state index is 13.5. The number of amides is 1. The number of hydrogen-bond donors (Lipinski definition) is 0. The number of hydrogen-bond acceptors (Lipinski definition) is 4. The van der Waals surface area contributed by atoms with Crippen molar-refractivity contribution >= 4 is 35.1 Å². The van der Waals surface area contributed by atoms with Crippen LogP contribution in [0.25, 0.3) is 6.08 Å². The third kappa shape index (κ3) is 5.71. The van der Waals surface area contributed by atoms with Gasteiger partial charge in [-0.1, -0.05) is 35.9 Å². The van der Waals surface area contributed by atoms with Gasteiger partial charge in [-0.2, -0.15) is 0 Å². The van der Waals surface area contributed by atoms with Crippen LogP contribution in [-0.2, 0) is 17.6 Å². The number of fused-ring (bicyclic) bond motifs is 1. The number of carbonyl (C=O) groups excluding carboxylic acids is 2. The van der Waals surface area contributed by atoms with E-state index in [2.05, 4.69) is 28.1 Å². The second-order valence-corrected chi connectivity index (χ2v) is 12.1. The highest BCUT2D eigenvalue weighted by Gasteiger charge is 2.39. The molecule has 1 unspecified atom stereocenters. The minimum absolute atomic E-state index is 0.0653. The summed E-state index contributed by atoms with van der Waals surface area (Å²) in [6.45, 7) is 3.77. The van der Waals surface area contributed by atoms with Gasteiger partial charge in [-0.15, -0.1) is 0 Å². The van der Waals surface area contributed by atoms with E-state index in [1.54, 1.807) is 6.08 Å². The van der Waals surface area contributed by atoms with Gasteiger partial charge < -0.3 is 9.80 Å². The number of rotatable bonds is 5. The number of anilines is 1. The zero-order valence-electron chi connectivity index (χ0n) is 22.9. The molecule has 40 heavy (non-hydrogen) atoms. The Morgan fingerprint density at radius 3 is 2.38 bits per heavy atom. The molecular formula is C34H36ClN3O2. The number of benzene rings is 2. The number of nitrogens with zero attached hydrogens (tertiary/aromatic N) is 3. The Labute approximate surface area is 241 Å². The average Bonchev–Trinajstić information content (AvgIpc) is 3.01. The van der Waals surface area contributed by atoms with Crippen LogP contribution in [0.4, 0.5) is 5.69 Å².